The monoisotopic (exact) mass is 266 g/mol. The van der Waals surface area contributed by atoms with Gasteiger partial charge in [0, 0.05) is 23.4 Å². The van der Waals surface area contributed by atoms with Crippen molar-refractivity contribution in [3.63, 3.8) is 0 Å². The van der Waals surface area contributed by atoms with E-state index in [2.05, 4.69) is 10.0 Å². The number of rotatable bonds is 7. The molecule has 0 aliphatic rings. The number of carboxylic acid groups (broad SMARTS) is 1. The van der Waals surface area contributed by atoms with E-state index in [1.54, 1.807) is 6.07 Å². The molecule has 102 valence electrons. The van der Waals surface area contributed by atoms with Crippen LogP contribution in [0.25, 0.3) is 10.4 Å². The zero-order chi connectivity index (χ0) is 14.3. The number of nitrogens with two attached hydrogens (primary N) is 1. The zero-order valence-electron chi connectivity index (χ0n) is 10.3. The minimum Gasteiger partial charge on any atom is -0.481 e. The Balaban J connectivity index is 2.95. The Labute approximate surface area is 109 Å². The molecule has 0 fully saturated rings. The van der Waals surface area contributed by atoms with Crippen LogP contribution >= 0.6 is 0 Å². The summed E-state index contributed by atoms with van der Waals surface area (Å²) in [5.41, 5.74) is 14.9. The lowest BCUT2D eigenvalue weighted by Gasteiger charge is -2.15. The molecule has 1 atom stereocenters. The molecule has 0 radical (unpaired) electrons. The van der Waals surface area contributed by atoms with Crippen molar-refractivity contribution < 1.29 is 14.3 Å². The van der Waals surface area contributed by atoms with E-state index in [0.29, 0.717) is 24.0 Å². The number of benzene rings is 1. The van der Waals surface area contributed by atoms with Crippen LogP contribution in [-0.4, -0.2) is 11.1 Å². The highest BCUT2D eigenvalue weighted by Crippen LogP contribution is 2.28. The van der Waals surface area contributed by atoms with Gasteiger partial charge in [-0.25, -0.2) is 4.39 Å². The predicted octanol–water partition coefficient (Wildman–Crippen LogP) is 2.89. The SMILES string of the molecule is [N-]=[N+]=NC(CCCC(=O)O)c1cccc(F)c1CN. The largest absolute Gasteiger partial charge is 0.481 e. The van der Waals surface area contributed by atoms with E-state index < -0.39 is 17.8 Å². The zero-order valence-corrected chi connectivity index (χ0v) is 10.3. The van der Waals surface area contributed by atoms with Crippen LogP contribution in [0.4, 0.5) is 4.39 Å². The van der Waals surface area contributed by atoms with Crippen molar-refractivity contribution in [1.82, 2.24) is 0 Å². The summed E-state index contributed by atoms with van der Waals surface area (Å²) in [6.07, 6.45) is 0.664. The number of hydrogen-bond donors (Lipinski definition) is 2. The van der Waals surface area contributed by atoms with Crippen LogP contribution in [0.1, 0.15) is 36.4 Å². The first-order valence-electron chi connectivity index (χ1n) is 5.83. The van der Waals surface area contributed by atoms with Crippen LogP contribution in [0.3, 0.4) is 0 Å². The summed E-state index contributed by atoms with van der Waals surface area (Å²) >= 11 is 0. The molecular weight excluding hydrogens is 251 g/mol. The number of aliphatic carboxylic acids is 1. The molecule has 0 bridgehead atoms. The Morgan fingerprint density at radius 2 is 2.32 bits per heavy atom. The quantitative estimate of drug-likeness (QED) is 0.449. The summed E-state index contributed by atoms with van der Waals surface area (Å²) in [4.78, 5) is 13.2. The molecule has 0 aliphatic carbocycles. The Bertz CT molecular complexity index is 501. The minimum atomic E-state index is -0.919. The van der Waals surface area contributed by atoms with Gasteiger partial charge in [0.15, 0.2) is 0 Å². The van der Waals surface area contributed by atoms with Crippen LogP contribution in [0.5, 0.6) is 0 Å². The van der Waals surface area contributed by atoms with Gasteiger partial charge in [0.1, 0.15) is 5.82 Å². The van der Waals surface area contributed by atoms with E-state index in [-0.39, 0.29) is 13.0 Å². The van der Waals surface area contributed by atoms with Gasteiger partial charge in [-0.1, -0.05) is 17.2 Å². The van der Waals surface area contributed by atoms with Crippen molar-refractivity contribution in [3.05, 3.63) is 45.6 Å². The van der Waals surface area contributed by atoms with Gasteiger partial charge in [0.2, 0.25) is 0 Å². The number of nitrogens with zero attached hydrogens (tertiary/aromatic N) is 3. The van der Waals surface area contributed by atoms with E-state index in [1.807, 2.05) is 0 Å². The molecule has 0 spiro atoms. The van der Waals surface area contributed by atoms with Gasteiger partial charge < -0.3 is 10.8 Å². The summed E-state index contributed by atoms with van der Waals surface area (Å²) in [6.45, 7) is -0.00160. The van der Waals surface area contributed by atoms with E-state index in [9.17, 15) is 9.18 Å². The maximum Gasteiger partial charge on any atom is 0.303 e. The van der Waals surface area contributed by atoms with Crippen molar-refractivity contribution in [2.75, 3.05) is 0 Å². The molecule has 0 heterocycles. The van der Waals surface area contributed by atoms with Crippen molar-refractivity contribution in [3.8, 4) is 0 Å². The Morgan fingerprint density at radius 1 is 1.58 bits per heavy atom. The molecule has 1 aromatic rings. The third-order valence-electron chi connectivity index (χ3n) is 2.78. The van der Waals surface area contributed by atoms with Crippen LogP contribution in [0, 0.1) is 5.82 Å². The molecule has 1 aromatic carbocycles. The van der Waals surface area contributed by atoms with Gasteiger partial charge >= 0.3 is 5.97 Å². The van der Waals surface area contributed by atoms with E-state index in [0.717, 1.165) is 0 Å². The highest BCUT2D eigenvalue weighted by molar-refractivity contribution is 5.66. The van der Waals surface area contributed by atoms with Gasteiger partial charge in [0.05, 0.1) is 6.04 Å². The first kappa shape index (κ1) is 14.9. The average Bonchev–Trinajstić information content (AvgIpc) is 2.37. The van der Waals surface area contributed by atoms with Crippen LogP contribution in [0.15, 0.2) is 23.3 Å². The van der Waals surface area contributed by atoms with Crippen molar-refractivity contribution in [2.45, 2.75) is 31.8 Å². The van der Waals surface area contributed by atoms with Crippen LogP contribution in [0.2, 0.25) is 0 Å². The Hall–Kier alpha value is -2.11. The van der Waals surface area contributed by atoms with E-state index in [1.165, 1.54) is 12.1 Å². The van der Waals surface area contributed by atoms with Crippen molar-refractivity contribution >= 4 is 5.97 Å². The second-order valence-corrected chi connectivity index (χ2v) is 4.02. The maximum atomic E-state index is 13.6. The first-order valence-corrected chi connectivity index (χ1v) is 5.83. The Morgan fingerprint density at radius 3 is 2.89 bits per heavy atom. The summed E-state index contributed by atoms with van der Waals surface area (Å²) in [5, 5.41) is 12.2. The number of azide groups is 1. The third kappa shape index (κ3) is 4.24. The molecule has 0 saturated heterocycles. The summed E-state index contributed by atoms with van der Waals surface area (Å²) < 4.78 is 13.6. The Kier molecular flexibility index (Phi) is 5.78. The van der Waals surface area contributed by atoms with Gasteiger partial charge in [-0.15, -0.1) is 0 Å². The molecular formula is C12H15FN4O2. The van der Waals surface area contributed by atoms with Gasteiger partial charge in [-0.3, -0.25) is 4.79 Å². The first-order chi connectivity index (χ1) is 9.10. The molecule has 0 saturated carbocycles. The van der Waals surface area contributed by atoms with Crippen molar-refractivity contribution in [2.24, 2.45) is 10.8 Å². The van der Waals surface area contributed by atoms with Gasteiger partial charge in [-0.2, -0.15) is 0 Å². The molecule has 3 N–H and O–H groups in total. The van der Waals surface area contributed by atoms with Gasteiger partial charge in [-0.05, 0) is 30.0 Å². The molecule has 1 rings (SSSR count). The van der Waals surface area contributed by atoms with E-state index in [4.69, 9.17) is 16.4 Å². The second-order valence-electron chi connectivity index (χ2n) is 4.02. The molecule has 19 heavy (non-hydrogen) atoms. The lowest BCUT2D eigenvalue weighted by molar-refractivity contribution is -0.137. The number of carbonyl (C=O) groups is 1. The molecule has 0 aliphatic heterocycles. The fraction of sp³-hybridized carbons (Fsp3) is 0.417. The van der Waals surface area contributed by atoms with Crippen molar-refractivity contribution in [1.29, 1.82) is 0 Å². The lowest BCUT2D eigenvalue weighted by atomic mass is 9.96. The molecule has 1 unspecified atom stereocenters. The summed E-state index contributed by atoms with van der Waals surface area (Å²) in [7, 11) is 0. The predicted molar refractivity (Wildman–Crippen MR) is 67.7 cm³/mol. The van der Waals surface area contributed by atoms with E-state index >= 15 is 0 Å². The normalized spacial score (nSPS) is 11.7. The summed E-state index contributed by atoms with van der Waals surface area (Å²) in [5.74, 6) is -1.37. The number of hydrogen-bond acceptors (Lipinski definition) is 3. The van der Waals surface area contributed by atoms with Gasteiger partial charge in [0.25, 0.3) is 0 Å². The van der Waals surface area contributed by atoms with Crippen LogP contribution in [-0.2, 0) is 11.3 Å². The van der Waals surface area contributed by atoms with Crippen LogP contribution < -0.4 is 5.73 Å². The maximum absolute atomic E-state index is 13.6. The molecule has 6 nitrogen and oxygen atoms in total. The topological polar surface area (TPSA) is 112 Å². The minimum absolute atomic E-state index is 0.00160. The highest BCUT2D eigenvalue weighted by Gasteiger charge is 2.16. The number of halogens is 1. The molecule has 7 heteroatoms. The fourth-order valence-electron chi connectivity index (χ4n) is 1.89. The average molecular weight is 266 g/mol. The molecule has 0 amide bonds. The fourth-order valence-corrected chi connectivity index (χ4v) is 1.89. The summed E-state index contributed by atoms with van der Waals surface area (Å²) in [6, 6.07) is 3.85. The number of carboxylic acids is 1. The highest BCUT2D eigenvalue weighted by atomic mass is 19.1. The smallest absolute Gasteiger partial charge is 0.303 e. The lowest BCUT2D eigenvalue weighted by Crippen LogP contribution is -2.08. The standard InChI is InChI=1S/C12H15FN4O2/c13-10-4-1-3-8(9(10)7-14)11(16-17-15)5-2-6-12(18)19/h1,3-4,11H,2,5-7,14H2,(H,18,19). The third-order valence-corrected chi connectivity index (χ3v) is 2.78. The second kappa shape index (κ2) is 7.35. The molecule has 0 aromatic heterocycles.